The lowest BCUT2D eigenvalue weighted by Gasteiger charge is -2.39. The van der Waals surface area contributed by atoms with Gasteiger partial charge < -0.3 is 19.9 Å². The number of nitrogens with one attached hydrogen (secondary N) is 1. The van der Waals surface area contributed by atoms with E-state index in [-0.39, 0.29) is 12.2 Å². The molecule has 0 atom stereocenters. The van der Waals surface area contributed by atoms with Crippen LogP contribution in [0.2, 0.25) is 0 Å². The highest BCUT2D eigenvalue weighted by atomic mass is 79.9. The van der Waals surface area contributed by atoms with Crippen LogP contribution in [0.1, 0.15) is 27.6 Å². The van der Waals surface area contributed by atoms with Gasteiger partial charge in [-0.25, -0.2) is 19.2 Å². The molecule has 0 aliphatic carbocycles. The minimum Gasteiger partial charge on any atom is -0.462 e. The van der Waals surface area contributed by atoms with Gasteiger partial charge in [0.2, 0.25) is 0 Å². The van der Waals surface area contributed by atoms with E-state index in [9.17, 15) is 14.0 Å². The summed E-state index contributed by atoms with van der Waals surface area (Å²) in [6, 6.07) is 17.4. The highest BCUT2D eigenvalue weighted by Crippen LogP contribution is 2.37. The number of aromatic nitrogens is 3. The number of esters is 1. The predicted octanol–water partition coefficient (Wildman–Crippen LogP) is 6.84. The van der Waals surface area contributed by atoms with Gasteiger partial charge in [-0.3, -0.25) is 9.36 Å². The van der Waals surface area contributed by atoms with E-state index < -0.39 is 17.7 Å². The third-order valence-electron chi connectivity index (χ3n) is 7.39. The van der Waals surface area contributed by atoms with Crippen molar-refractivity contribution in [1.29, 1.82) is 0 Å². The number of carbonyl (C=O) groups excluding carboxylic acids is 2. The van der Waals surface area contributed by atoms with Crippen LogP contribution in [-0.2, 0) is 4.74 Å². The van der Waals surface area contributed by atoms with Crippen LogP contribution in [0.4, 0.5) is 21.5 Å². The fourth-order valence-electron chi connectivity index (χ4n) is 5.38. The molecule has 9 nitrogen and oxygen atoms in total. The Hall–Kier alpha value is -4.29. The SMILES string of the molecule is CCOC(=O)c1c(-n2ccnc2)nc2ccc(Br)cc2c1N1CCN(c2ccccc2NC(=O)c2cc(F)ccc2Br)CC1. The molecule has 0 unspecified atom stereocenters. The lowest BCUT2D eigenvalue weighted by molar-refractivity contribution is 0.0526. The fourth-order valence-corrected chi connectivity index (χ4v) is 6.17. The van der Waals surface area contributed by atoms with E-state index in [1.807, 2.05) is 42.5 Å². The van der Waals surface area contributed by atoms with Crippen molar-refractivity contribution < 1.29 is 18.7 Å². The summed E-state index contributed by atoms with van der Waals surface area (Å²) in [5.41, 5.74) is 3.53. The predicted molar refractivity (Wildman–Crippen MR) is 175 cm³/mol. The molecule has 0 saturated carbocycles. The number of hydrogen-bond acceptors (Lipinski definition) is 7. The summed E-state index contributed by atoms with van der Waals surface area (Å²) in [6.07, 6.45) is 5.01. The summed E-state index contributed by atoms with van der Waals surface area (Å²) >= 11 is 6.93. The first-order valence-electron chi connectivity index (χ1n) is 14.0. The van der Waals surface area contributed by atoms with E-state index in [0.717, 1.165) is 26.8 Å². The molecule has 0 spiro atoms. The van der Waals surface area contributed by atoms with E-state index >= 15 is 0 Å². The number of para-hydroxylation sites is 2. The Morgan fingerprint density at radius 1 is 1.00 bits per heavy atom. The second-order valence-corrected chi connectivity index (χ2v) is 11.9. The molecule has 5 aromatic rings. The van der Waals surface area contributed by atoms with E-state index in [2.05, 4.69) is 52.0 Å². The number of ether oxygens (including phenoxy) is 1. The highest BCUT2D eigenvalue weighted by Gasteiger charge is 2.30. The molecule has 12 heteroatoms. The van der Waals surface area contributed by atoms with Gasteiger partial charge in [-0.05, 0) is 71.4 Å². The van der Waals surface area contributed by atoms with Crippen molar-refractivity contribution in [3.63, 3.8) is 0 Å². The van der Waals surface area contributed by atoms with Gasteiger partial charge in [-0.2, -0.15) is 0 Å². The van der Waals surface area contributed by atoms with Crippen LogP contribution in [0.25, 0.3) is 16.7 Å². The number of imidazole rings is 1. The van der Waals surface area contributed by atoms with Crippen molar-refractivity contribution >= 4 is 71.7 Å². The molecule has 1 aliphatic heterocycles. The number of carbonyl (C=O) groups is 2. The minimum absolute atomic E-state index is 0.209. The topological polar surface area (TPSA) is 92.6 Å². The largest absolute Gasteiger partial charge is 0.462 e. The monoisotopic (exact) mass is 720 g/mol. The number of nitrogens with zero attached hydrogens (tertiary/aromatic N) is 5. The summed E-state index contributed by atoms with van der Waals surface area (Å²) in [7, 11) is 0. The van der Waals surface area contributed by atoms with Crippen molar-refractivity contribution in [3.05, 3.63) is 105 Å². The van der Waals surface area contributed by atoms with Gasteiger partial charge in [-0.1, -0.05) is 28.1 Å². The van der Waals surface area contributed by atoms with Gasteiger partial charge in [0, 0.05) is 52.9 Å². The number of fused-ring (bicyclic) bond motifs is 1. The quantitative estimate of drug-likeness (QED) is 0.184. The Labute approximate surface area is 269 Å². The number of rotatable bonds is 7. The van der Waals surface area contributed by atoms with Gasteiger partial charge in [0.15, 0.2) is 5.82 Å². The molecule has 224 valence electrons. The fraction of sp³-hybridized carbons (Fsp3) is 0.188. The van der Waals surface area contributed by atoms with Crippen molar-refractivity contribution in [2.75, 3.05) is 47.9 Å². The number of piperazine rings is 1. The first-order valence-corrected chi connectivity index (χ1v) is 15.6. The zero-order chi connectivity index (χ0) is 30.8. The maximum absolute atomic E-state index is 13.9. The van der Waals surface area contributed by atoms with Crippen LogP contribution < -0.4 is 15.1 Å². The molecule has 3 heterocycles. The smallest absolute Gasteiger partial charge is 0.344 e. The molecule has 0 bridgehead atoms. The zero-order valence-electron chi connectivity index (χ0n) is 23.6. The molecule has 44 heavy (non-hydrogen) atoms. The van der Waals surface area contributed by atoms with Crippen LogP contribution in [-0.4, -0.2) is 59.2 Å². The van der Waals surface area contributed by atoms with Crippen LogP contribution >= 0.6 is 31.9 Å². The molecular weight excluding hydrogens is 695 g/mol. The maximum Gasteiger partial charge on any atom is 0.344 e. The van der Waals surface area contributed by atoms with Crippen molar-refractivity contribution in [1.82, 2.24) is 14.5 Å². The molecule has 0 radical (unpaired) electrons. The minimum atomic E-state index is -0.489. The molecule has 1 N–H and O–H groups in total. The highest BCUT2D eigenvalue weighted by molar-refractivity contribution is 9.10. The third-order valence-corrected chi connectivity index (χ3v) is 8.58. The number of amides is 1. The summed E-state index contributed by atoms with van der Waals surface area (Å²) in [5, 5.41) is 3.78. The molecular formula is C32H27Br2FN6O3. The average molecular weight is 722 g/mol. The third kappa shape index (κ3) is 5.91. The number of pyridine rings is 1. The van der Waals surface area contributed by atoms with Crippen LogP contribution in [0.15, 0.2) is 88.3 Å². The average Bonchev–Trinajstić information content (AvgIpc) is 3.57. The van der Waals surface area contributed by atoms with Gasteiger partial charge in [0.05, 0.1) is 34.7 Å². The van der Waals surface area contributed by atoms with Crippen LogP contribution in [0.5, 0.6) is 0 Å². The van der Waals surface area contributed by atoms with E-state index in [1.54, 1.807) is 30.2 Å². The lowest BCUT2D eigenvalue weighted by atomic mass is 10.1. The van der Waals surface area contributed by atoms with Gasteiger partial charge in [-0.15, -0.1) is 0 Å². The Kier molecular flexibility index (Phi) is 8.62. The molecule has 2 aromatic heterocycles. The Morgan fingerprint density at radius 3 is 2.52 bits per heavy atom. The Balaban J connectivity index is 1.33. The van der Waals surface area contributed by atoms with Crippen LogP contribution in [0.3, 0.4) is 0 Å². The number of anilines is 3. The summed E-state index contributed by atoms with van der Waals surface area (Å²) in [4.78, 5) is 40.0. The Morgan fingerprint density at radius 2 is 1.77 bits per heavy atom. The molecule has 1 aliphatic rings. The first kappa shape index (κ1) is 29.8. The summed E-state index contributed by atoms with van der Waals surface area (Å²) in [6.45, 7) is 4.38. The lowest BCUT2D eigenvalue weighted by Crippen LogP contribution is -2.47. The summed E-state index contributed by atoms with van der Waals surface area (Å²) in [5.74, 6) is -0.913. The van der Waals surface area contributed by atoms with Crippen molar-refractivity contribution in [2.24, 2.45) is 0 Å². The molecule has 1 saturated heterocycles. The zero-order valence-corrected chi connectivity index (χ0v) is 26.8. The van der Waals surface area contributed by atoms with Gasteiger partial charge in [0.25, 0.3) is 5.91 Å². The van der Waals surface area contributed by atoms with Gasteiger partial charge >= 0.3 is 5.97 Å². The molecule has 1 amide bonds. The van der Waals surface area contributed by atoms with Crippen LogP contribution in [0, 0.1) is 5.82 Å². The second kappa shape index (κ2) is 12.7. The standard InChI is InChI=1S/C32H27Br2FN6O3/c1-2-44-32(43)28-29(23-17-20(33)7-10-25(23)37-30(28)41-12-11-36-19-41)40-15-13-39(14-16-40)27-6-4-3-5-26(27)38-31(42)22-18-21(35)8-9-24(22)34/h3-12,17-19H,2,13-16H2,1H3,(H,38,42). The number of halogens is 3. The first-order chi connectivity index (χ1) is 21.3. The normalized spacial score (nSPS) is 13.3. The molecule has 6 rings (SSSR count). The number of benzene rings is 3. The van der Waals surface area contributed by atoms with E-state index in [4.69, 9.17) is 9.72 Å². The molecule has 3 aromatic carbocycles. The second-order valence-electron chi connectivity index (χ2n) is 10.1. The van der Waals surface area contributed by atoms with Crippen molar-refractivity contribution in [2.45, 2.75) is 6.92 Å². The molecule has 1 fully saturated rings. The Bertz CT molecular complexity index is 1860. The summed E-state index contributed by atoms with van der Waals surface area (Å²) < 4.78 is 22.5. The van der Waals surface area contributed by atoms with E-state index in [0.29, 0.717) is 47.7 Å². The van der Waals surface area contributed by atoms with Crippen molar-refractivity contribution in [3.8, 4) is 5.82 Å². The maximum atomic E-state index is 13.9. The van der Waals surface area contributed by atoms with Gasteiger partial charge in [0.1, 0.15) is 17.7 Å². The number of hydrogen-bond donors (Lipinski definition) is 1. The van der Waals surface area contributed by atoms with E-state index in [1.165, 1.54) is 18.2 Å².